The number of amides is 1. The zero-order chi connectivity index (χ0) is 29.7. The van der Waals surface area contributed by atoms with Gasteiger partial charge in [-0.3, -0.25) is 14.3 Å². The summed E-state index contributed by atoms with van der Waals surface area (Å²) in [4.78, 5) is 32.8. The van der Waals surface area contributed by atoms with Crippen LogP contribution in [0.15, 0.2) is 95.9 Å². The summed E-state index contributed by atoms with van der Waals surface area (Å²) in [5.74, 6) is -0.496. The second-order valence-electron chi connectivity index (χ2n) is 9.14. The van der Waals surface area contributed by atoms with Crippen LogP contribution >= 0.6 is 0 Å². The normalized spacial score (nSPS) is 11.1. The summed E-state index contributed by atoms with van der Waals surface area (Å²) in [6.45, 7) is 0. The van der Waals surface area contributed by atoms with Crippen LogP contribution in [0.1, 0.15) is 15.9 Å². The van der Waals surface area contributed by atoms with E-state index in [1.54, 1.807) is 54.6 Å². The molecule has 5 rings (SSSR count). The van der Waals surface area contributed by atoms with Crippen LogP contribution in [-0.4, -0.2) is 37.7 Å². The molecule has 0 bridgehead atoms. The van der Waals surface area contributed by atoms with Gasteiger partial charge in [-0.25, -0.2) is 22.8 Å². The van der Waals surface area contributed by atoms with E-state index in [-0.39, 0.29) is 28.6 Å². The van der Waals surface area contributed by atoms with Crippen molar-refractivity contribution in [1.82, 2.24) is 9.97 Å². The number of sulfonamides is 1. The second kappa shape index (κ2) is 12.0. The van der Waals surface area contributed by atoms with Gasteiger partial charge in [0, 0.05) is 23.0 Å². The van der Waals surface area contributed by atoms with Gasteiger partial charge in [0.2, 0.25) is 5.91 Å². The fourth-order valence-electron chi connectivity index (χ4n) is 4.14. The van der Waals surface area contributed by atoms with Crippen molar-refractivity contribution in [3.05, 3.63) is 108 Å². The molecule has 1 amide bonds. The highest BCUT2D eigenvalue weighted by molar-refractivity contribution is 7.92. The van der Waals surface area contributed by atoms with E-state index in [2.05, 4.69) is 25.3 Å². The van der Waals surface area contributed by atoms with E-state index in [0.29, 0.717) is 39.9 Å². The van der Waals surface area contributed by atoms with Crippen LogP contribution in [0.3, 0.4) is 0 Å². The van der Waals surface area contributed by atoms with Crippen molar-refractivity contribution in [3.8, 4) is 5.75 Å². The molecular formula is C30H24FN5O5S. The van der Waals surface area contributed by atoms with Gasteiger partial charge in [-0.05, 0) is 60.2 Å². The van der Waals surface area contributed by atoms with E-state index in [9.17, 15) is 22.4 Å². The Bertz CT molecular complexity index is 1920. The fraction of sp³-hybridized carbons (Fsp3) is 0.0667. The number of fused-ring (bicyclic) bond motifs is 1. The van der Waals surface area contributed by atoms with Crippen LogP contribution in [0, 0.1) is 5.82 Å². The van der Waals surface area contributed by atoms with E-state index < -0.39 is 21.7 Å². The highest BCUT2D eigenvalue weighted by Gasteiger charge is 2.20. The molecule has 0 saturated carbocycles. The third kappa shape index (κ3) is 6.67. The Balaban J connectivity index is 1.43. The van der Waals surface area contributed by atoms with E-state index >= 15 is 0 Å². The van der Waals surface area contributed by atoms with E-state index in [1.807, 2.05) is 0 Å². The molecule has 1 aromatic heterocycles. The summed E-state index contributed by atoms with van der Waals surface area (Å²) < 4.78 is 48.2. The maximum atomic E-state index is 13.5. The van der Waals surface area contributed by atoms with Crippen LogP contribution < -0.4 is 20.1 Å². The van der Waals surface area contributed by atoms with Crippen LogP contribution in [-0.2, 0) is 21.2 Å². The molecule has 212 valence electrons. The molecule has 42 heavy (non-hydrogen) atoms. The summed E-state index contributed by atoms with van der Waals surface area (Å²) in [6.07, 6.45) is 0.568. The number of ether oxygens (including phenoxy) is 1. The van der Waals surface area contributed by atoms with Crippen molar-refractivity contribution < 1.29 is 27.1 Å². The Labute approximate surface area is 240 Å². The molecule has 0 spiro atoms. The summed E-state index contributed by atoms with van der Waals surface area (Å²) in [7, 11) is -2.76. The molecule has 0 aliphatic rings. The number of hydrogen-bond acceptors (Lipinski definition) is 8. The summed E-state index contributed by atoms with van der Waals surface area (Å²) in [5, 5.41) is 5.67. The number of nitrogens with zero attached hydrogens (tertiary/aromatic N) is 2. The molecule has 0 saturated heterocycles. The lowest BCUT2D eigenvalue weighted by Crippen LogP contribution is -2.17. The van der Waals surface area contributed by atoms with Gasteiger partial charge in [0.15, 0.2) is 11.6 Å². The van der Waals surface area contributed by atoms with Crippen molar-refractivity contribution in [2.75, 3.05) is 22.5 Å². The predicted octanol–water partition coefficient (Wildman–Crippen LogP) is 5.32. The first-order chi connectivity index (χ1) is 20.2. The Morgan fingerprint density at radius 2 is 1.62 bits per heavy atom. The second-order valence-corrected chi connectivity index (χ2v) is 10.8. The van der Waals surface area contributed by atoms with Crippen molar-refractivity contribution >= 4 is 56.3 Å². The van der Waals surface area contributed by atoms with Gasteiger partial charge in [-0.15, -0.1) is 0 Å². The quantitative estimate of drug-likeness (QED) is 0.187. The maximum Gasteiger partial charge on any atom is 0.263 e. The lowest BCUT2D eigenvalue weighted by Gasteiger charge is -2.15. The summed E-state index contributed by atoms with van der Waals surface area (Å²) >= 11 is 0. The number of aromatic nitrogens is 2. The molecule has 0 unspecified atom stereocenters. The lowest BCUT2D eigenvalue weighted by molar-refractivity contribution is -0.115. The van der Waals surface area contributed by atoms with Gasteiger partial charge < -0.3 is 15.4 Å². The highest BCUT2D eigenvalue weighted by Crippen LogP contribution is 2.29. The molecule has 0 fully saturated rings. The van der Waals surface area contributed by atoms with Gasteiger partial charge in [-0.1, -0.05) is 30.3 Å². The van der Waals surface area contributed by atoms with Crippen molar-refractivity contribution in [3.63, 3.8) is 0 Å². The number of nitrogens with one attached hydrogen (secondary N) is 3. The number of halogens is 1. The fourth-order valence-corrected chi connectivity index (χ4v) is 5.19. The Morgan fingerprint density at radius 1 is 0.881 bits per heavy atom. The molecular weight excluding hydrogens is 561 g/mol. The van der Waals surface area contributed by atoms with Gasteiger partial charge in [-0.2, -0.15) is 0 Å². The number of carbonyl (C=O) groups excluding carboxylic acids is 2. The van der Waals surface area contributed by atoms with E-state index in [4.69, 9.17) is 4.74 Å². The summed E-state index contributed by atoms with van der Waals surface area (Å²) in [5.41, 5.74) is 2.42. The number of anilines is 4. The number of aldehydes is 1. The molecule has 1 heterocycles. The molecule has 0 radical (unpaired) electrons. The Kier molecular flexibility index (Phi) is 8.07. The molecule has 0 atom stereocenters. The average Bonchev–Trinajstić information content (AvgIpc) is 2.97. The minimum absolute atomic E-state index is 0.0851. The zero-order valence-corrected chi connectivity index (χ0v) is 23.0. The molecule has 12 heteroatoms. The van der Waals surface area contributed by atoms with Crippen molar-refractivity contribution in [1.29, 1.82) is 0 Å². The number of hydrogen-bond donors (Lipinski definition) is 3. The molecule has 0 aliphatic heterocycles. The standard InChI is InChI=1S/C30H24FN5O5S/c1-41-24-14-20(18-37)13-23(16-24)33-29-30(35-27-11-3-2-10-26(27)34-29)36-42(39,40)25-9-5-8-22(17-25)32-28(38)15-19-6-4-7-21(31)12-19/h2-14,16-18H,15H2,1H3,(H,32,38)(H,33,34)(H,35,36). The molecule has 0 aliphatic carbocycles. The first-order valence-corrected chi connectivity index (χ1v) is 14.1. The van der Waals surface area contributed by atoms with Gasteiger partial charge in [0.1, 0.15) is 17.9 Å². The zero-order valence-electron chi connectivity index (χ0n) is 22.2. The number of para-hydroxylation sites is 2. The molecule has 3 N–H and O–H groups in total. The molecule has 5 aromatic rings. The van der Waals surface area contributed by atoms with Crippen LogP contribution in [0.2, 0.25) is 0 Å². The number of benzene rings is 4. The van der Waals surface area contributed by atoms with Gasteiger partial charge in [0.05, 0.1) is 29.5 Å². The van der Waals surface area contributed by atoms with E-state index in [0.717, 1.165) is 0 Å². The number of methoxy groups -OCH3 is 1. The summed E-state index contributed by atoms with van der Waals surface area (Å²) in [6, 6.07) is 23.0. The topological polar surface area (TPSA) is 139 Å². The molecule has 10 nitrogen and oxygen atoms in total. The Morgan fingerprint density at radius 3 is 2.33 bits per heavy atom. The largest absolute Gasteiger partial charge is 0.497 e. The van der Waals surface area contributed by atoms with Crippen molar-refractivity contribution in [2.45, 2.75) is 11.3 Å². The minimum atomic E-state index is -4.22. The smallest absolute Gasteiger partial charge is 0.263 e. The molecule has 4 aromatic carbocycles. The number of rotatable bonds is 10. The van der Waals surface area contributed by atoms with Crippen LogP contribution in [0.25, 0.3) is 11.0 Å². The monoisotopic (exact) mass is 585 g/mol. The van der Waals surface area contributed by atoms with Crippen LogP contribution in [0.4, 0.5) is 27.4 Å². The van der Waals surface area contributed by atoms with Gasteiger partial charge in [0.25, 0.3) is 10.0 Å². The third-order valence-corrected chi connectivity index (χ3v) is 7.38. The Hall–Kier alpha value is -5.36. The minimum Gasteiger partial charge on any atom is -0.497 e. The van der Waals surface area contributed by atoms with Crippen molar-refractivity contribution in [2.24, 2.45) is 0 Å². The number of carbonyl (C=O) groups is 2. The SMILES string of the molecule is COc1cc(C=O)cc(Nc2nc3ccccc3nc2NS(=O)(=O)c2cccc(NC(=O)Cc3cccc(F)c3)c2)c1. The first-order valence-electron chi connectivity index (χ1n) is 12.6. The van der Waals surface area contributed by atoms with E-state index in [1.165, 1.54) is 43.5 Å². The van der Waals surface area contributed by atoms with Gasteiger partial charge >= 0.3 is 0 Å². The maximum absolute atomic E-state index is 13.5. The average molecular weight is 586 g/mol. The highest BCUT2D eigenvalue weighted by atomic mass is 32.2. The third-order valence-electron chi connectivity index (χ3n) is 6.05. The first kappa shape index (κ1) is 28.2. The van der Waals surface area contributed by atoms with Crippen LogP contribution in [0.5, 0.6) is 5.75 Å². The lowest BCUT2D eigenvalue weighted by atomic mass is 10.1. The predicted molar refractivity (Wildman–Crippen MR) is 157 cm³/mol.